The zero-order chi connectivity index (χ0) is 27.9. The van der Waals surface area contributed by atoms with Crippen LogP contribution in [0, 0.1) is 22.7 Å². The number of nitrogens with one attached hydrogen (secondary N) is 4. The van der Waals surface area contributed by atoms with Crippen LogP contribution in [0.2, 0.25) is 0 Å². The number of rotatable bonds is 11. The third-order valence-electron chi connectivity index (χ3n) is 6.28. The van der Waals surface area contributed by atoms with E-state index in [2.05, 4.69) is 20.9 Å². The van der Waals surface area contributed by atoms with Crippen molar-refractivity contribution in [1.82, 2.24) is 20.9 Å². The van der Waals surface area contributed by atoms with E-state index in [-0.39, 0.29) is 18.0 Å². The quantitative estimate of drug-likeness (QED) is 0.313. The Labute approximate surface area is 219 Å². The highest BCUT2D eigenvalue weighted by molar-refractivity contribution is 6.01. The van der Waals surface area contributed by atoms with Crippen LogP contribution in [0.4, 0.5) is 0 Å². The molecule has 3 amide bonds. The molecule has 0 saturated carbocycles. The summed E-state index contributed by atoms with van der Waals surface area (Å²) in [6.07, 6.45) is 1.26. The van der Waals surface area contributed by atoms with E-state index >= 15 is 0 Å². The molecule has 1 fully saturated rings. The van der Waals surface area contributed by atoms with Crippen molar-refractivity contribution >= 4 is 40.4 Å². The van der Waals surface area contributed by atoms with Crippen LogP contribution in [0.5, 0.6) is 5.75 Å². The van der Waals surface area contributed by atoms with Gasteiger partial charge in [0.05, 0.1) is 25.8 Å². The number of ether oxygens (including phenoxy) is 2. The van der Waals surface area contributed by atoms with Crippen molar-refractivity contribution in [2.45, 2.75) is 39.2 Å². The Morgan fingerprint density at radius 1 is 1.26 bits per heavy atom. The fraction of sp³-hybridized carbons (Fsp3) is 0.462. The van der Waals surface area contributed by atoms with Crippen molar-refractivity contribution in [2.75, 3.05) is 26.8 Å². The third-order valence-corrected chi connectivity index (χ3v) is 6.28. The molecule has 202 valence electrons. The molecule has 12 nitrogen and oxygen atoms in total. The fourth-order valence-corrected chi connectivity index (χ4v) is 4.01. The summed E-state index contributed by atoms with van der Waals surface area (Å²) in [5.74, 6) is -2.87. The van der Waals surface area contributed by atoms with E-state index in [4.69, 9.17) is 14.7 Å². The highest BCUT2D eigenvalue weighted by Crippen LogP contribution is 2.26. The molecule has 1 aliphatic heterocycles. The molecule has 2 heterocycles. The maximum absolute atomic E-state index is 12.9. The Morgan fingerprint density at radius 2 is 2.03 bits per heavy atom. The van der Waals surface area contributed by atoms with Gasteiger partial charge in [0.1, 0.15) is 16.9 Å². The molecule has 2 atom stereocenters. The van der Waals surface area contributed by atoms with Crippen LogP contribution in [0.3, 0.4) is 0 Å². The minimum atomic E-state index is -1.45. The van der Waals surface area contributed by atoms with E-state index in [1.807, 2.05) is 0 Å². The highest BCUT2D eigenvalue weighted by atomic mass is 16.5. The Hall–Kier alpha value is -4.40. The second-order valence-electron chi connectivity index (χ2n) is 9.55. The molecule has 3 rings (SSSR count). The van der Waals surface area contributed by atoms with Gasteiger partial charge < -0.3 is 30.4 Å². The lowest BCUT2D eigenvalue weighted by Gasteiger charge is -2.26. The molecule has 1 saturated heterocycles. The van der Waals surface area contributed by atoms with Crippen LogP contribution >= 0.6 is 0 Å². The first-order valence-electron chi connectivity index (χ1n) is 12.2. The lowest BCUT2D eigenvalue weighted by molar-refractivity contribution is -0.154. The van der Waals surface area contributed by atoms with Gasteiger partial charge in [-0.3, -0.25) is 24.0 Å². The number of amides is 3. The Balaban J connectivity index is 1.63. The maximum Gasteiger partial charge on any atom is 0.326 e. The van der Waals surface area contributed by atoms with Gasteiger partial charge >= 0.3 is 5.97 Å². The van der Waals surface area contributed by atoms with Crippen molar-refractivity contribution in [3.05, 3.63) is 30.0 Å². The second kappa shape index (κ2) is 12.2. The SMILES string of the molecule is COc1cccc2[nH]c(C(=O)NCC(=O)NC(CC3CCCNC3=O)C(=O)COC(=O)C(C)(C)C#N)cc12. The number of ketones is 1. The molecule has 0 spiro atoms. The average Bonchev–Trinajstić information content (AvgIpc) is 3.35. The molecular formula is C26H31N5O7. The molecule has 0 radical (unpaired) electrons. The van der Waals surface area contributed by atoms with Gasteiger partial charge in [-0.2, -0.15) is 5.26 Å². The number of methoxy groups -OCH3 is 1. The van der Waals surface area contributed by atoms with Crippen LogP contribution in [0.25, 0.3) is 10.9 Å². The molecule has 1 aromatic heterocycles. The predicted molar refractivity (Wildman–Crippen MR) is 135 cm³/mol. The van der Waals surface area contributed by atoms with Crippen molar-refractivity contribution in [3.63, 3.8) is 0 Å². The van der Waals surface area contributed by atoms with Crippen LogP contribution in [-0.2, 0) is 23.9 Å². The van der Waals surface area contributed by atoms with E-state index in [0.29, 0.717) is 29.6 Å². The number of nitriles is 1. The molecule has 0 aliphatic carbocycles. The van der Waals surface area contributed by atoms with E-state index in [1.165, 1.54) is 21.0 Å². The number of fused-ring (bicyclic) bond motifs is 1. The minimum Gasteiger partial charge on any atom is -0.496 e. The van der Waals surface area contributed by atoms with Gasteiger partial charge in [-0.1, -0.05) is 6.07 Å². The van der Waals surface area contributed by atoms with E-state index < -0.39 is 54.1 Å². The first kappa shape index (κ1) is 28.2. The van der Waals surface area contributed by atoms with Crippen LogP contribution in [-0.4, -0.2) is 67.3 Å². The zero-order valence-electron chi connectivity index (χ0n) is 21.5. The molecule has 1 aromatic carbocycles. The van der Waals surface area contributed by atoms with Gasteiger partial charge in [0, 0.05) is 23.4 Å². The number of aromatic nitrogens is 1. The number of Topliss-reactive ketones (excluding diaryl/α,β-unsaturated/α-hetero) is 1. The monoisotopic (exact) mass is 525 g/mol. The molecule has 0 bridgehead atoms. The smallest absolute Gasteiger partial charge is 0.326 e. The summed E-state index contributed by atoms with van der Waals surface area (Å²) >= 11 is 0. The Bertz CT molecular complexity index is 1280. The number of hydrogen-bond acceptors (Lipinski definition) is 8. The predicted octanol–water partition coefficient (Wildman–Crippen LogP) is 0.969. The standard InChI is InChI=1S/C26H31N5O7/c1-26(2,14-27)25(36)38-13-20(32)18(10-15-6-5-9-28-23(15)34)31-22(33)12-29-24(35)19-11-16-17(30-19)7-4-8-21(16)37-3/h4,7-8,11,15,18,30H,5-6,9-10,12-13H2,1-3H3,(H,28,34)(H,29,35)(H,31,33). The first-order chi connectivity index (χ1) is 18.1. The molecule has 4 N–H and O–H groups in total. The maximum atomic E-state index is 12.9. The molecule has 1 aliphatic rings. The summed E-state index contributed by atoms with van der Waals surface area (Å²) < 4.78 is 10.3. The van der Waals surface area contributed by atoms with Crippen molar-refractivity contribution in [3.8, 4) is 11.8 Å². The second-order valence-corrected chi connectivity index (χ2v) is 9.55. The van der Waals surface area contributed by atoms with Gasteiger partial charge in [0.25, 0.3) is 5.91 Å². The van der Waals surface area contributed by atoms with Gasteiger partial charge in [-0.15, -0.1) is 0 Å². The molecule has 12 heteroatoms. The molecule has 2 unspecified atom stereocenters. The summed E-state index contributed by atoms with van der Waals surface area (Å²) in [7, 11) is 1.52. The highest BCUT2D eigenvalue weighted by Gasteiger charge is 2.33. The largest absolute Gasteiger partial charge is 0.496 e. The van der Waals surface area contributed by atoms with Crippen LogP contribution < -0.4 is 20.7 Å². The fourth-order valence-electron chi connectivity index (χ4n) is 4.01. The molecular weight excluding hydrogens is 494 g/mol. The van der Waals surface area contributed by atoms with Gasteiger partial charge in [-0.05, 0) is 51.3 Å². The lowest BCUT2D eigenvalue weighted by Crippen LogP contribution is -2.49. The van der Waals surface area contributed by atoms with Crippen LogP contribution in [0.1, 0.15) is 43.6 Å². The number of esters is 1. The van der Waals surface area contributed by atoms with Crippen LogP contribution in [0.15, 0.2) is 24.3 Å². The van der Waals surface area contributed by atoms with E-state index in [9.17, 15) is 24.0 Å². The number of benzene rings is 1. The summed E-state index contributed by atoms with van der Waals surface area (Å²) in [4.78, 5) is 65.5. The topological polar surface area (TPSA) is 179 Å². The average molecular weight is 526 g/mol. The zero-order valence-corrected chi connectivity index (χ0v) is 21.5. The summed E-state index contributed by atoms with van der Waals surface area (Å²) in [6, 6.07) is 7.57. The van der Waals surface area contributed by atoms with E-state index in [1.54, 1.807) is 30.3 Å². The first-order valence-corrected chi connectivity index (χ1v) is 12.2. The molecule has 2 aromatic rings. The summed E-state index contributed by atoms with van der Waals surface area (Å²) in [6.45, 7) is 2.14. The Morgan fingerprint density at radius 3 is 2.71 bits per heavy atom. The molecule has 38 heavy (non-hydrogen) atoms. The summed E-state index contributed by atoms with van der Waals surface area (Å²) in [5, 5.41) is 17.6. The van der Waals surface area contributed by atoms with Gasteiger partial charge in [0.2, 0.25) is 11.8 Å². The lowest BCUT2D eigenvalue weighted by atomic mass is 9.90. The van der Waals surface area contributed by atoms with Crippen molar-refractivity contribution in [1.29, 1.82) is 5.26 Å². The third kappa shape index (κ3) is 6.88. The number of hydrogen-bond donors (Lipinski definition) is 4. The van der Waals surface area contributed by atoms with Crippen molar-refractivity contribution in [2.24, 2.45) is 11.3 Å². The Kier molecular flexibility index (Phi) is 9.07. The van der Waals surface area contributed by atoms with Gasteiger partial charge in [-0.25, -0.2) is 0 Å². The number of carbonyl (C=O) groups excluding carboxylic acids is 5. The number of piperidine rings is 1. The van der Waals surface area contributed by atoms with Gasteiger partial charge in [0.15, 0.2) is 12.4 Å². The number of aromatic amines is 1. The number of H-pyrrole nitrogens is 1. The van der Waals surface area contributed by atoms with E-state index in [0.717, 1.165) is 6.42 Å². The normalized spacial score (nSPS) is 16.1. The minimum absolute atomic E-state index is 0.00532. The summed E-state index contributed by atoms with van der Waals surface area (Å²) in [5.41, 5.74) is -0.542. The number of nitrogens with zero attached hydrogens (tertiary/aromatic N) is 1. The van der Waals surface area contributed by atoms with Crippen molar-refractivity contribution < 1.29 is 33.4 Å². The number of carbonyl (C=O) groups is 5.